The minimum Gasteiger partial charge on any atom is -0.147 e. The van der Waals surface area contributed by atoms with Crippen LogP contribution in [0.3, 0.4) is 0 Å². The van der Waals surface area contributed by atoms with E-state index in [9.17, 15) is 0 Å². The third kappa shape index (κ3) is 5.49. The van der Waals surface area contributed by atoms with E-state index in [4.69, 9.17) is 3.32 Å². The van der Waals surface area contributed by atoms with E-state index < -0.39 is 19.5 Å². The van der Waals surface area contributed by atoms with E-state index in [1.165, 1.54) is 15.0 Å². The third-order valence-corrected chi connectivity index (χ3v) is 4.84. The largest absolute Gasteiger partial charge is 0.147 e. The first-order valence-electron chi connectivity index (χ1n) is 7.01. The molecule has 2 rings (SSSR count). The Balaban J connectivity index is 0.00000200. The molecule has 1 aromatic rings. The van der Waals surface area contributed by atoms with Gasteiger partial charge in [-0.2, -0.15) is 0 Å². The molecule has 0 amide bonds. The Morgan fingerprint density at radius 2 is 1.57 bits per heavy atom. The van der Waals surface area contributed by atoms with Gasteiger partial charge in [0.2, 0.25) is 0 Å². The molecule has 0 fully saturated rings. The van der Waals surface area contributed by atoms with Crippen molar-refractivity contribution in [2.45, 2.75) is 46.0 Å². The molecule has 0 N–H and O–H groups in total. The molecule has 0 unspecified atom stereocenters. The zero-order valence-electron chi connectivity index (χ0n) is 13.1. The molecule has 0 bridgehead atoms. The summed E-state index contributed by atoms with van der Waals surface area (Å²) < 4.78 is 7.77. The Labute approximate surface area is 150 Å². The van der Waals surface area contributed by atoms with Crippen molar-refractivity contribution in [2.75, 3.05) is 0 Å². The maximum atomic E-state index is 6.29. The van der Waals surface area contributed by atoms with Gasteiger partial charge in [0.25, 0.3) is 0 Å². The Morgan fingerprint density at radius 1 is 1.00 bits per heavy atom. The number of benzene rings is 1. The van der Waals surface area contributed by atoms with E-state index in [1.807, 2.05) is 0 Å². The third-order valence-electron chi connectivity index (χ3n) is 3.38. The molecule has 1 nitrogen and oxygen atoms in total. The Hall–Kier alpha value is -0.206. The van der Waals surface area contributed by atoms with Gasteiger partial charge in [0.15, 0.2) is 0 Å². The van der Waals surface area contributed by atoms with E-state index in [0.29, 0.717) is 11.8 Å². The standard InChI is InChI=1S/C12H18O.C5H5.2ClH.Ti/c1-8(2)10-6-5-7-11(9(3)4)12(10)13;1-2-4-5-3-1;;;/h5-9,13H,1-4H3;1-3H,4H2;2*1H;/q;;;;+1/p-1. The van der Waals surface area contributed by atoms with Crippen LogP contribution in [-0.2, 0) is 19.5 Å². The number of hydrogen-bond acceptors (Lipinski definition) is 1. The number of halogens is 2. The van der Waals surface area contributed by atoms with Crippen molar-refractivity contribution in [3.63, 3.8) is 0 Å². The normalized spacial score (nSPS) is 12.8. The van der Waals surface area contributed by atoms with E-state index in [1.54, 1.807) is 0 Å². The Kier molecular flexibility index (Phi) is 9.64. The average molecular weight is 363 g/mol. The molecule has 0 spiro atoms. The fourth-order valence-electron chi connectivity index (χ4n) is 2.24. The second-order valence-electron chi connectivity index (χ2n) is 5.60. The van der Waals surface area contributed by atoms with Crippen LogP contribution in [0.1, 0.15) is 57.1 Å². The van der Waals surface area contributed by atoms with Gasteiger partial charge in [0, 0.05) is 0 Å². The monoisotopic (exact) mass is 362 g/mol. The maximum absolute atomic E-state index is 6.29. The number of allylic oxidation sites excluding steroid dienone is 4. The fraction of sp³-hybridized carbons (Fsp3) is 0.412. The molecule has 0 saturated carbocycles. The zero-order chi connectivity index (χ0) is 13.8. The van der Waals surface area contributed by atoms with Crippen LogP contribution in [0.5, 0.6) is 5.75 Å². The fourth-order valence-corrected chi connectivity index (χ4v) is 3.54. The minimum atomic E-state index is -0.486. The zero-order valence-corrected chi connectivity index (χ0v) is 16.2. The van der Waals surface area contributed by atoms with Crippen LogP contribution < -0.4 is 3.32 Å². The van der Waals surface area contributed by atoms with Crippen LogP contribution in [0.25, 0.3) is 0 Å². The number of rotatable bonds is 5. The van der Waals surface area contributed by atoms with Crippen LogP contribution >= 0.6 is 24.8 Å². The molecule has 0 aromatic heterocycles. The predicted molar refractivity (Wildman–Crippen MR) is 91.6 cm³/mol. The topological polar surface area (TPSA) is 9.23 Å². The van der Waals surface area contributed by atoms with Crippen molar-refractivity contribution in [2.24, 2.45) is 0 Å². The Bertz CT molecular complexity index is 481. The molecule has 0 aliphatic heterocycles. The smallest absolute Gasteiger partial charge is 0.147 e. The number of hydrogen-bond donors (Lipinski definition) is 0. The first-order chi connectivity index (χ1) is 9.09. The summed E-state index contributed by atoms with van der Waals surface area (Å²) in [4.78, 5) is 0. The molecule has 1 aliphatic rings. The SMILES string of the molecule is CC(C)c1cccc(C(C)C)c1[O][Ti][C]1=CC=CC1.Cl.Cl. The molecular formula is C17H24Cl2OTi. The van der Waals surface area contributed by atoms with Gasteiger partial charge in [-0.15, -0.1) is 24.8 Å². The molecule has 21 heavy (non-hydrogen) atoms. The van der Waals surface area contributed by atoms with Gasteiger partial charge in [0.1, 0.15) is 0 Å². The summed E-state index contributed by atoms with van der Waals surface area (Å²) in [6.45, 7) is 8.96. The molecule has 0 radical (unpaired) electrons. The van der Waals surface area contributed by atoms with Crippen molar-refractivity contribution < 1.29 is 22.9 Å². The molecular weight excluding hydrogens is 339 g/mol. The van der Waals surface area contributed by atoms with Gasteiger partial charge in [-0.05, 0) is 0 Å². The van der Waals surface area contributed by atoms with Crippen LogP contribution in [-0.4, -0.2) is 0 Å². The molecule has 4 heteroatoms. The van der Waals surface area contributed by atoms with E-state index >= 15 is 0 Å². The van der Waals surface area contributed by atoms with E-state index in [0.717, 1.165) is 12.2 Å². The number of para-hydroxylation sites is 1. The van der Waals surface area contributed by atoms with Crippen molar-refractivity contribution in [3.8, 4) is 5.75 Å². The van der Waals surface area contributed by atoms with Crippen molar-refractivity contribution in [1.82, 2.24) is 0 Å². The second-order valence-corrected chi connectivity index (χ2v) is 7.24. The average Bonchev–Trinajstić information content (AvgIpc) is 2.88. The second kappa shape index (κ2) is 9.74. The summed E-state index contributed by atoms with van der Waals surface area (Å²) in [6.07, 6.45) is 7.65. The minimum absolute atomic E-state index is 0. The maximum Gasteiger partial charge on any atom is -0.147 e. The molecule has 1 aliphatic carbocycles. The quantitative estimate of drug-likeness (QED) is 0.584. The summed E-state index contributed by atoms with van der Waals surface area (Å²) in [7, 11) is 0. The van der Waals surface area contributed by atoms with Crippen LogP contribution in [0, 0.1) is 0 Å². The van der Waals surface area contributed by atoms with Gasteiger partial charge in [-0.25, -0.2) is 0 Å². The van der Waals surface area contributed by atoms with E-state index in [2.05, 4.69) is 64.1 Å². The van der Waals surface area contributed by atoms with Crippen molar-refractivity contribution >= 4 is 24.8 Å². The summed E-state index contributed by atoms with van der Waals surface area (Å²) in [5, 5.41) is 0. The molecule has 116 valence electrons. The van der Waals surface area contributed by atoms with Gasteiger partial charge in [-0.1, -0.05) is 0 Å². The molecule has 0 saturated heterocycles. The predicted octanol–water partition coefficient (Wildman–Crippen LogP) is 6.00. The van der Waals surface area contributed by atoms with E-state index in [-0.39, 0.29) is 24.8 Å². The first-order valence-corrected chi connectivity index (χ1v) is 8.42. The first kappa shape index (κ1) is 20.8. The van der Waals surface area contributed by atoms with Crippen LogP contribution in [0.4, 0.5) is 0 Å². The summed E-state index contributed by atoms with van der Waals surface area (Å²) in [5.74, 6) is 2.17. The molecule has 0 heterocycles. The van der Waals surface area contributed by atoms with Crippen LogP contribution in [0.15, 0.2) is 40.3 Å². The van der Waals surface area contributed by atoms with Gasteiger partial charge in [-0.3, -0.25) is 0 Å². The summed E-state index contributed by atoms with van der Waals surface area (Å²) in [6, 6.07) is 6.58. The van der Waals surface area contributed by atoms with Gasteiger partial charge >= 0.3 is 126 Å². The van der Waals surface area contributed by atoms with Gasteiger partial charge in [0.05, 0.1) is 0 Å². The summed E-state index contributed by atoms with van der Waals surface area (Å²) in [5.41, 5.74) is 2.70. The van der Waals surface area contributed by atoms with Crippen molar-refractivity contribution in [3.05, 3.63) is 51.4 Å². The summed E-state index contributed by atoms with van der Waals surface area (Å²) >= 11 is -0.486. The Morgan fingerprint density at radius 3 is 2.00 bits per heavy atom. The molecule has 0 atom stereocenters. The van der Waals surface area contributed by atoms with Crippen LogP contribution in [0.2, 0.25) is 0 Å². The van der Waals surface area contributed by atoms with Crippen molar-refractivity contribution in [1.29, 1.82) is 0 Å². The molecule has 1 aromatic carbocycles. The van der Waals surface area contributed by atoms with Gasteiger partial charge < -0.3 is 0 Å².